The highest BCUT2D eigenvalue weighted by atomic mass is 16.3. The lowest BCUT2D eigenvalue weighted by Gasteiger charge is -2.42. The van der Waals surface area contributed by atoms with E-state index in [1.807, 2.05) is 4.90 Å². The van der Waals surface area contributed by atoms with Crippen LogP contribution in [0, 0.1) is 5.41 Å². The van der Waals surface area contributed by atoms with Crippen molar-refractivity contribution in [2.75, 3.05) is 18.8 Å². The molecule has 130 valence electrons. The molecule has 0 unspecified atom stereocenters. The fraction of sp³-hybridized carbons (Fsp3) is 0.722. The van der Waals surface area contributed by atoms with Crippen LogP contribution < -0.4 is 5.73 Å². The number of piperidine rings is 1. The van der Waals surface area contributed by atoms with E-state index in [0.717, 1.165) is 75.6 Å². The van der Waals surface area contributed by atoms with Gasteiger partial charge in [-0.15, -0.1) is 0 Å². The molecule has 2 aliphatic carbocycles. The van der Waals surface area contributed by atoms with E-state index in [2.05, 4.69) is 9.97 Å². The number of anilines is 1. The quantitative estimate of drug-likeness (QED) is 0.818. The number of aliphatic hydroxyl groups excluding tert-OH is 1. The summed E-state index contributed by atoms with van der Waals surface area (Å²) >= 11 is 0. The molecule has 4 rings (SSSR count). The number of fused-ring (bicyclic) bond motifs is 1. The van der Waals surface area contributed by atoms with Gasteiger partial charge in [0.1, 0.15) is 5.69 Å². The van der Waals surface area contributed by atoms with Crippen molar-refractivity contribution in [3.8, 4) is 0 Å². The Kier molecular flexibility index (Phi) is 3.95. The lowest BCUT2D eigenvalue weighted by atomic mass is 9.76. The topological polar surface area (TPSA) is 92.3 Å². The molecule has 1 aromatic rings. The van der Waals surface area contributed by atoms with Gasteiger partial charge in [-0.05, 0) is 51.4 Å². The summed E-state index contributed by atoms with van der Waals surface area (Å²) in [6, 6.07) is 0. The van der Waals surface area contributed by atoms with E-state index in [1.165, 1.54) is 0 Å². The summed E-state index contributed by atoms with van der Waals surface area (Å²) in [7, 11) is 0. The molecule has 6 heteroatoms. The van der Waals surface area contributed by atoms with E-state index in [4.69, 9.17) is 5.73 Å². The number of nitrogen functional groups attached to an aromatic ring is 1. The number of likely N-dealkylation sites (tertiary alicyclic amines) is 1. The van der Waals surface area contributed by atoms with Crippen molar-refractivity contribution in [2.45, 2.75) is 63.9 Å². The molecular weight excluding hydrogens is 304 g/mol. The van der Waals surface area contributed by atoms with Crippen molar-refractivity contribution in [3.05, 3.63) is 17.0 Å². The Hall–Kier alpha value is -1.69. The number of aromatic nitrogens is 2. The Balaban J connectivity index is 1.63. The SMILES string of the molecule is Nc1nc2c(c(C(=O)N3CCC[C@]4(CCC[C@H]4O)C3)n1)CCCC2. The third kappa shape index (κ3) is 2.57. The molecule has 1 amide bonds. The summed E-state index contributed by atoms with van der Waals surface area (Å²) in [5.74, 6) is 0.173. The number of aryl methyl sites for hydroxylation is 1. The predicted octanol–water partition coefficient (Wildman–Crippen LogP) is 1.70. The van der Waals surface area contributed by atoms with Crippen molar-refractivity contribution in [1.29, 1.82) is 0 Å². The van der Waals surface area contributed by atoms with Crippen molar-refractivity contribution >= 4 is 11.9 Å². The van der Waals surface area contributed by atoms with Gasteiger partial charge in [0.15, 0.2) is 0 Å². The van der Waals surface area contributed by atoms with E-state index < -0.39 is 0 Å². The first kappa shape index (κ1) is 15.8. The molecule has 24 heavy (non-hydrogen) atoms. The Labute approximate surface area is 142 Å². The van der Waals surface area contributed by atoms with Gasteiger partial charge in [-0.1, -0.05) is 6.42 Å². The average Bonchev–Trinajstić information content (AvgIpc) is 2.93. The van der Waals surface area contributed by atoms with Gasteiger partial charge in [0, 0.05) is 29.8 Å². The Bertz CT molecular complexity index is 663. The van der Waals surface area contributed by atoms with Gasteiger partial charge in [0.25, 0.3) is 5.91 Å². The fourth-order valence-corrected chi connectivity index (χ4v) is 4.87. The fourth-order valence-electron chi connectivity index (χ4n) is 4.87. The van der Waals surface area contributed by atoms with E-state index in [-0.39, 0.29) is 23.4 Å². The maximum atomic E-state index is 13.2. The first-order chi connectivity index (χ1) is 11.6. The van der Waals surface area contributed by atoms with Gasteiger partial charge in [0.05, 0.1) is 6.10 Å². The van der Waals surface area contributed by atoms with Crippen LogP contribution in [0.15, 0.2) is 0 Å². The monoisotopic (exact) mass is 330 g/mol. The second kappa shape index (κ2) is 5.99. The van der Waals surface area contributed by atoms with Crippen LogP contribution in [0.4, 0.5) is 5.95 Å². The molecule has 6 nitrogen and oxygen atoms in total. The van der Waals surface area contributed by atoms with Crippen LogP contribution >= 0.6 is 0 Å². The van der Waals surface area contributed by atoms with E-state index in [9.17, 15) is 9.90 Å². The zero-order valence-corrected chi connectivity index (χ0v) is 14.1. The number of hydrogen-bond acceptors (Lipinski definition) is 5. The lowest BCUT2D eigenvalue weighted by molar-refractivity contribution is -0.00560. The number of nitrogens with two attached hydrogens (primary N) is 1. The minimum absolute atomic E-state index is 0.0274. The lowest BCUT2D eigenvalue weighted by Crippen LogP contribution is -2.49. The van der Waals surface area contributed by atoms with Crippen LogP contribution in [0.3, 0.4) is 0 Å². The van der Waals surface area contributed by atoms with Crippen LogP contribution in [0.2, 0.25) is 0 Å². The highest BCUT2D eigenvalue weighted by molar-refractivity contribution is 5.94. The van der Waals surface area contributed by atoms with Crippen LogP contribution in [0.1, 0.15) is 66.7 Å². The van der Waals surface area contributed by atoms with Crippen LogP contribution in [-0.2, 0) is 12.8 Å². The van der Waals surface area contributed by atoms with Crippen molar-refractivity contribution in [1.82, 2.24) is 14.9 Å². The normalized spacial score (nSPS) is 29.7. The molecule has 1 saturated heterocycles. The number of aliphatic hydroxyl groups is 1. The van der Waals surface area contributed by atoms with Gasteiger partial charge >= 0.3 is 0 Å². The number of rotatable bonds is 1. The molecule has 3 N–H and O–H groups in total. The molecule has 1 spiro atoms. The summed E-state index contributed by atoms with van der Waals surface area (Å²) in [5.41, 5.74) is 8.19. The minimum atomic E-state index is -0.280. The van der Waals surface area contributed by atoms with E-state index >= 15 is 0 Å². The number of amides is 1. The summed E-state index contributed by atoms with van der Waals surface area (Å²) in [6.45, 7) is 1.39. The predicted molar refractivity (Wildman–Crippen MR) is 90.5 cm³/mol. The molecule has 1 aromatic heterocycles. The number of nitrogens with zero attached hydrogens (tertiary/aromatic N) is 3. The third-order valence-corrected chi connectivity index (χ3v) is 6.16. The molecule has 3 aliphatic rings. The van der Waals surface area contributed by atoms with Crippen LogP contribution in [0.25, 0.3) is 0 Å². The third-order valence-electron chi connectivity index (χ3n) is 6.16. The minimum Gasteiger partial charge on any atom is -0.392 e. The smallest absolute Gasteiger partial charge is 0.272 e. The second-order valence-corrected chi connectivity index (χ2v) is 7.66. The van der Waals surface area contributed by atoms with Gasteiger partial charge < -0.3 is 15.7 Å². The van der Waals surface area contributed by atoms with Gasteiger partial charge in [0.2, 0.25) is 5.95 Å². The van der Waals surface area contributed by atoms with Gasteiger partial charge in [-0.2, -0.15) is 0 Å². The summed E-state index contributed by atoms with van der Waals surface area (Å²) < 4.78 is 0. The summed E-state index contributed by atoms with van der Waals surface area (Å²) in [5, 5.41) is 10.4. The van der Waals surface area contributed by atoms with Crippen molar-refractivity contribution in [2.24, 2.45) is 5.41 Å². The van der Waals surface area contributed by atoms with Gasteiger partial charge in [-0.3, -0.25) is 4.79 Å². The molecular formula is C18H26N4O2. The van der Waals surface area contributed by atoms with Crippen LogP contribution in [0.5, 0.6) is 0 Å². The Morgan fingerprint density at radius 2 is 1.96 bits per heavy atom. The zero-order valence-electron chi connectivity index (χ0n) is 14.1. The van der Waals surface area contributed by atoms with E-state index in [1.54, 1.807) is 0 Å². The molecule has 0 aromatic carbocycles. The Morgan fingerprint density at radius 1 is 1.17 bits per heavy atom. The molecule has 2 fully saturated rings. The summed E-state index contributed by atoms with van der Waals surface area (Å²) in [6.07, 6.45) is 8.52. The molecule has 2 atom stereocenters. The number of hydrogen-bond donors (Lipinski definition) is 2. The molecule has 1 saturated carbocycles. The molecule has 1 aliphatic heterocycles. The molecule has 0 bridgehead atoms. The second-order valence-electron chi connectivity index (χ2n) is 7.66. The van der Waals surface area contributed by atoms with Crippen molar-refractivity contribution < 1.29 is 9.90 Å². The largest absolute Gasteiger partial charge is 0.392 e. The highest BCUT2D eigenvalue weighted by Crippen LogP contribution is 2.45. The Morgan fingerprint density at radius 3 is 2.75 bits per heavy atom. The first-order valence-corrected chi connectivity index (χ1v) is 9.22. The van der Waals surface area contributed by atoms with E-state index in [0.29, 0.717) is 12.2 Å². The van der Waals surface area contributed by atoms with Crippen LogP contribution in [-0.4, -0.2) is 45.1 Å². The zero-order chi connectivity index (χ0) is 16.7. The highest BCUT2D eigenvalue weighted by Gasteiger charge is 2.46. The standard InChI is InChI=1S/C18H26N4O2/c19-17-20-13-6-2-1-5-12(13)15(21-17)16(24)22-10-4-9-18(11-22)8-3-7-14(18)23/h14,23H,1-11H2,(H2,19,20,21)/t14-,18-/m1/s1. The number of carbonyl (C=O) groups is 1. The maximum Gasteiger partial charge on any atom is 0.272 e. The van der Waals surface area contributed by atoms with Crippen molar-refractivity contribution in [3.63, 3.8) is 0 Å². The summed E-state index contributed by atoms with van der Waals surface area (Å²) in [4.78, 5) is 23.7. The first-order valence-electron chi connectivity index (χ1n) is 9.22. The number of carbonyl (C=O) groups excluding carboxylic acids is 1. The average molecular weight is 330 g/mol. The maximum absolute atomic E-state index is 13.2. The molecule has 2 heterocycles. The van der Waals surface area contributed by atoms with Gasteiger partial charge in [-0.25, -0.2) is 9.97 Å². The molecule has 0 radical (unpaired) electrons.